The van der Waals surface area contributed by atoms with Gasteiger partial charge in [0, 0.05) is 31.5 Å². The Morgan fingerprint density at radius 1 is 1.03 bits per heavy atom. The van der Waals surface area contributed by atoms with E-state index in [4.69, 9.17) is 4.74 Å². The first kappa shape index (κ1) is 27.5. The third-order valence-electron chi connectivity index (χ3n) is 5.40. The van der Waals surface area contributed by atoms with Gasteiger partial charge in [0.05, 0.1) is 23.5 Å². The minimum absolute atomic E-state index is 0.0232. The van der Waals surface area contributed by atoms with Crippen LogP contribution >= 0.6 is 0 Å². The maximum Gasteiger partial charge on any atom is 0.423 e. The van der Waals surface area contributed by atoms with Gasteiger partial charge >= 0.3 is 12.4 Å². The number of amides is 1. The topological polar surface area (TPSA) is 142 Å². The van der Waals surface area contributed by atoms with Crippen molar-refractivity contribution < 1.29 is 35.9 Å². The smallest absolute Gasteiger partial charge is 0.423 e. The molecule has 0 bridgehead atoms. The van der Waals surface area contributed by atoms with Gasteiger partial charge in [-0.2, -0.15) is 31.4 Å². The van der Waals surface area contributed by atoms with Gasteiger partial charge in [0.1, 0.15) is 30.9 Å². The number of rotatable bonds is 7. The lowest BCUT2D eigenvalue weighted by Gasteiger charge is -2.33. The fourth-order valence-electron chi connectivity index (χ4n) is 3.58. The number of anilines is 3. The molecule has 0 aliphatic carbocycles. The summed E-state index contributed by atoms with van der Waals surface area (Å²) in [5.74, 6) is -0.272. The van der Waals surface area contributed by atoms with Crippen LogP contribution in [-0.2, 0) is 17.1 Å². The van der Waals surface area contributed by atoms with E-state index in [0.29, 0.717) is 12.4 Å². The van der Waals surface area contributed by atoms with Crippen LogP contribution < -0.4 is 25.4 Å². The summed E-state index contributed by atoms with van der Waals surface area (Å²) in [5, 5.41) is 7.65. The van der Waals surface area contributed by atoms with Gasteiger partial charge in [0.15, 0.2) is 0 Å². The largest absolute Gasteiger partial charge is 0.475 e. The van der Waals surface area contributed by atoms with Crippen LogP contribution in [0.15, 0.2) is 35.8 Å². The van der Waals surface area contributed by atoms with E-state index in [2.05, 4.69) is 30.4 Å². The lowest BCUT2D eigenvalue weighted by Crippen LogP contribution is -2.51. The maximum absolute atomic E-state index is 13.2. The molecule has 39 heavy (non-hydrogen) atoms. The van der Waals surface area contributed by atoms with E-state index in [0.717, 1.165) is 12.5 Å². The Hall–Kier alpha value is -4.51. The number of alkyl halides is 6. The zero-order valence-electron chi connectivity index (χ0n) is 19.9. The molecule has 12 nitrogen and oxygen atoms in total. The van der Waals surface area contributed by atoms with Crippen LogP contribution in [0.4, 0.5) is 43.8 Å². The van der Waals surface area contributed by atoms with Crippen LogP contribution in [0.2, 0.25) is 0 Å². The second-order valence-corrected chi connectivity index (χ2v) is 8.29. The van der Waals surface area contributed by atoms with Crippen LogP contribution in [0.25, 0.3) is 0 Å². The van der Waals surface area contributed by atoms with Crippen molar-refractivity contribution in [3.8, 4) is 5.88 Å². The highest BCUT2D eigenvalue weighted by Crippen LogP contribution is 2.32. The summed E-state index contributed by atoms with van der Waals surface area (Å²) in [6.45, 7) is 1.42. The standard InChI is InChI=1S/C21H19F6N9O3/c1-11(33-13-7-32-34-18(38)17(13)21(25,26)27)9-39-15-4-14(30-10-31-15)36-3-2-35(8-16(36)37)19-28-5-12(6-29-19)20(22,23)24/h4-7,10-11H,2-3,8-9H2,1H3,(H2,33,34,38). The third kappa shape index (κ3) is 6.50. The normalized spacial score (nSPS) is 15.3. The Kier molecular flexibility index (Phi) is 7.55. The number of nitrogens with zero attached hydrogens (tertiary/aromatic N) is 7. The molecular formula is C21H19F6N9O3. The van der Waals surface area contributed by atoms with Crippen molar-refractivity contribution in [3.63, 3.8) is 0 Å². The van der Waals surface area contributed by atoms with Crippen LogP contribution in [0.1, 0.15) is 18.1 Å². The molecule has 1 unspecified atom stereocenters. The molecule has 208 valence electrons. The van der Waals surface area contributed by atoms with E-state index in [1.54, 1.807) is 5.10 Å². The summed E-state index contributed by atoms with van der Waals surface area (Å²) in [6.07, 6.45) is -6.25. The van der Waals surface area contributed by atoms with Crippen molar-refractivity contribution in [1.82, 2.24) is 30.1 Å². The van der Waals surface area contributed by atoms with Crippen LogP contribution in [0, 0.1) is 0 Å². The molecule has 2 N–H and O–H groups in total. The molecule has 18 heteroatoms. The van der Waals surface area contributed by atoms with Gasteiger partial charge in [0.2, 0.25) is 17.7 Å². The zero-order chi connectivity index (χ0) is 28.4. The Morgan fingerprint density at radius 3 is 2.38 bits per heavy atom. The van der Waals surface area contributed by atoms with E-state index in [9.17, 15) is 35.9 Å². The number of carbonyl (C=O) groups is 1. The number of halogens is 6. The summed E-state index contributed by atoms with van der Waals surface area (Å²) >= 11 is 0. The summed E-state index contributed by atoms with van der Waals surface area (Å²) in [7, 11) is 0. The summed E-state index contributed by atoms with van der Waals surface area (Å²) in [6, 6.07) is 0.632. The van der Waals surface area contributed by atoms with Crippen molar-refractivity contribution in [2.75, 3.05) is 41.4 Å². The first-order valence-electron chi connectivity index (χ1n) is 11.1. The molecule has 4 rings (SSSR count). The molecule has 0 aromatic carbocycles. The first-order chi connectivity index (χ1) is 18.3. The number of ether oxygens (including phenoxy) is 1. The Balaban J connectivity index is 1.37. The lowest BCUT2D eigenvalue weighted by molar-refractivity contribution is -0.139. The minimum atomic E-state index is -4.91. The summed E-state index contributed by atoms with van der Waals surface area (Å²) < 4.78 is 83.4. The highest BCUT2D eigenvalue weighted by molar-refractivity contribution is 5.96. The van der Waals surface area contributed by atoms with E-state index >= 15 is 0 Å². The van der Waals surface area contributed by atoms with Crippen molar-refractivity contribution >= 4 is 23.4 Å². The van der Waals surface area contributed by atoms with Crippen molar-refractivity contribution in [2.24, 2.45) is 0 Å². The number of carbonyl (C=O) groups excluding carboxylic acids is 1. The van der Waals surface area contributed by atoms with Gasteiger partial charge in [-0.15, -0.1) is 0 Å². The molecule has 3 aromatic rings. The maximum atomic E-state index is 13.2. The van der Waals surface area contributed by atoms with Gasteiger partial charge in [-0.25, -0.2) is 25.0 Å². The summed E-state index contributed by atoms with van der Waals surface area (Å²) in [5.41, 5.74) is -4.35. The van der Waals surface area contributed by atoms with E-state index in [1.807, 2.05) is 0 Å². The first-order valence-corrected chi connectivity index (χ1v) is 11.1. The van der Waals surface area contributed by atoms with Gasteiger partial charge in [-0.05, 0) is 6.92 Å². The van der Waals surface area contributed by atoms with Gasteiger partial charge in [-0.3, -0.25) is 14.5 Å². The number of nitrogens with one attached hydrogen (secondary N) is 2. The fraction of sp³-hybridized carbons (Fsp3) is 0.381. The number of piperazine rings is 1. The molecule has 3 aromatic heterocycles. The predicted molar refractivity (Wildman–Crippen MR) is 122 cm³/mol. The molecule has 1 aliphatic heterocycles. The van der Waals surface area contributed by atoms with Gasteiger partial charge in [0.25, 0.3) is 5.56 Å². The van der Waals surface area contributed by atoms with Crippen LogP contribution in [-0.4, -0.2) is 68.3 Å². The average Bonchev–Trinajstić information content (AvgIpc) is 2.86. The molecule has 1 amide bonds. The van der Waals surface area contributed by atoms with E-state index in [-0.39, 0.29) is 43.9 Å². The Morgan fingerprint density at radius 2 is 1.74 bits per heavy atom. The number of hydrogen-bond acceptors (Lipinski definition) is 10. The molecule has 0 radical (unpaired) electrons. The highest BCUT2D eigenvalue weighted by Gasteiger charge is 2.37. The number of aromatic nitrogens is 6. The zero-order valence-corrected chi connectivity index (χ0v) is 19.9. The third-order valence-corrected chi connectivity index (χ3v) is 5.40. The molecule has 1 saturated heterocycles. The fourth-order valence-corrected chi connectivity index (χ4v) is 3.58. The monoisotopic (exact) mass is 559 g/mol. The van der Waals surface area contributed by atoms with Crippen LogP contribution in [0.5, 0.6) is 5.88 Å². The average molecular weight is 559 g/mol. The van der Waals surface area contributed by atoms with Crippen molar-refractivity contribution in [2.45, 2.75) is 25.3 Å². The number of aromatic amines is 1. The predicted octanol–water partition coefficient (Wildman–Crippen LogP) is 2.12. The second-order valence-electron chi connectivity index (χ2n) is 8.29. The van der Waals surface area contributed by atoms with Crippen molar-refractivity contribution in [1.29, 1.82) is 0 Å². The Bertz CT molecular complexity index is 1380. The molecular weight excluding hydrogens is 540 g/mol. The van der Waals surface area contributed by atoms with Crippen LogP contribution in [0.3, 0.4) is 0 Å². The van der Waals surface area contributed by atoms with E-state index in [1.165, 1.54) is 22.8 Å². The molecule has 1 fully saturated rings. The molecule has 4 heterocycles. The second kappa shape index (κ2) is 10.7. The lowest BCUT2D eigenvalue weighted by atomic mass is 10.2. The highest BCUT2D eigenvalue weighted by atomic mass is 19.4. The van der Waals surface area contributed by atoms with Crippen molar-refractivity contribution in [3.05, 3.63) is 52.5 Å². The molecule has 1 atom stereocenters. The SMILES string of the molecule is CC(COc1cc(N2CCN(c3ncc(C(F)(F)F)cn3)CC2=O)ncn1)Nc1cn[nH]c(=O)c1C(F)(F)F. The Labute approximate surface area is 215 Å². The van der Waals surface area contributed by atoms with Gasteiger partial charge < -0.3 is 15.0 Å². The van der Waals surface area contributed by atoms with Gasteiger partial charge in [-0.1, -0.05) is 0 Å². The quantitative estimate of drug-likeness (QED) is 0.414. The number of H-pyrrole nitrogens is 1. The number of hydrogen-bond donors (Lipinski definition) is 2. The molecule has 0 spiro atoms. The molecule has 0 saturated carbocycles. The summed E-state index contributed by atoms with van der Waals surface area (Å²) in [4.78, 5) is 42.4. The van der Waals surface area contributed by atoms with E-state index < -0.39 is 46.7 Å². The minimum Gasteiger partial charge on any atom is -0.475 e. The molecule has 1 aliphatic rings.